The smallest absolute Gasteiger partial charge is 0.241 e. The molecule has 1 amide bonds. The third-order valence-electron chi connectivity index (χ3n) is 2.56. The van der Waals surface area contributed by atoms with Gasteiger partial charge in [-0.25, -0.2) is 0 Å². The molecule has 0 fully saturated rings. The van der Waals surface area contributed by atoms with Gasteiger partial charge >= 0.3 is 0 Å². The normalized spacial score (nSPS) is 11.2. The third kappa shape index (κ3) is 5.55. The number of carbonyl (C=O) groups is 1. The van der Waals surface area contributed by atoms with Crippen molar-refractivity contribution < 1.29 is 9.53 Å². The molecule has 0 aliphatic heterocycles. The van der Waals surface area contributed by atoms with Crippen LogP contribution in [0.5, 0.6) is 5.75 Å². The molecular weight excluding hydrogens is 254 g/mol. The number of anilines is 1. The second-order valence-corrected chi connectivity index (χ2v) is 4.26. The van der Waals surface area contributed by atoms with Crippen molar-refractivity contribution in [3.05, 3.63) is 36.9 Å². The lowest BCUT2D eigenvalue weighted by atomic mass is 10.2. The summed E-state index contributed by atoms with van der Waals surface area (Å²) in [4.78, 5) is 11.8. The first kappa shape index (κ1) is 15.7. The standard InChI is InChI=1S/C15H19N3O2/c1-2-6-14(17)15(19)18-12-7-5-8-13(11-12)20-10-4-3-9-16/h2,5,7-8,11,14H,1,3-4,6,10,17H2,(H,18,19). The average Bonchev–Trinajstić information content (AvgIpc) is 2.44. The number of rotatable bonds is 8. The van der Waals surface area contributed by atoms with Crippen molar-refractivity contribution in [2.45, 2.75) is 25.3 Å². The third-order valence-corrected chi connectivity index (χ3v) is 2.56. The second kappa shape index (κ2) is 8.73. The number of hydrogen-bond donors (Lipinski definition) is 2. The Morgan fingerprint density at radius 2 is 2.40 bits per heavy atom. The van der Waals surface area contributed by atoms with Gasteiger partial charge < -0.3 is 15.8 Å². The summed E-state index contributed by atoms with van der Waals surface area (Å²) in [6.07, 6.45) is 3.18. The number of hydrogen-bond acceptors (Lipinski definition) is 4. The number of nitrogens with two attached hydrogens (primary N) is 1. The predicted octanol–water partition coefficient (Wildman–Crippen LogP) is 2.21. The molecule has 0 aliphatic carbocycles. The maximum atomic E-state index is 11.8. The molecule has 0 heterocycles. The lowest BCUT2D eigenvalue weighted by Crippen LogP contribution is -2.35. The van der Waals surface area contributed by atoms with Gasteiger partial charge in [-0.1, -0.05) is 12.1 Å². The number of nitriles is 1. The molecule has 0 saturated heterocycles. The Labute approximate surface area is 119 Å². The fourth-order valence-electron chi connectivity index (χ4n) is 1.53. The number of nitrogens with one attached hydrogen (secondary N) is 1. The van der Waals surface area contributed by atoms with E-state index in [2.05, 4.69) is 18.0 Å². The molecule has 1 rings (SSSR count). The molecule has 3 N–H and O–H groups in total. The summed E-state index contributed by atoms with van der Waals surface area (Å²) in [7, 11) is 0. The molecule has 5 heteroatoms. The highest BCUT2D eigenvalue weighted by atomic mass is 16.5. The first-order chi connectivity index (χ1) is 9.67. The Kier molecular flexibility index (Phi) is 6.87. The van der Waals surface area contributed by atoms with Crippen LogP contribution in [0.2, 0.25) is 0 Å². The summed E-state index contributed by atoms with van der Waals surface area (Å²) in [6.45, 7) is 4.02. The number of benzene rings is 1. The Morgan fingerprint density at radius 3 is 3.10 bits per heavy atom. The molecule has 5 nitrogen and oxygen atoms in total. The van der Waals surface area contributed by atoms with E-state index in [0.717, 1.165) is 0 Å². The van der Waals surface area contributed by atoms with Gasteiger partial charge in [-0.15, -0.1) is 6.58 Å². The molecule has 0 bridgehead atoms. The summed E-state index contributed by atoms with van der Waals surface area (Å²) < 4.78 is 5.49. The summed E-state index contributed by atoms with van der Waals surface area (Å²) in [5, 5.41) is 11.2. The van der Waals surface area contributed by atoms with E-state index in [1.54, 1.807) is 30.3 Å². The Morgan fingerprint density at radius 1 is 1.60 bits per heavy atom. The van der Waals surface area contributed by atoms with Crippen LogP contribution in [-0.4, -0.2) is 18.6 Å². The van der Waals surface area contributed by atoms with Crippen molar-refractivity contribution in [2.75, 3.05) is 11.9 Å². The monoisotopic (exact) mass is 273 g/mol. The average molecular weight is 273 g/mol. The SMILES string of the molecule is C=CCC(N)C(=O)Nc1cccc(OCCCC#N)c1. The van der Waals surface area contributed by atoms with E-state index < -0.39 is 6.04 Å². The van der Waals surface area contributed by atoms with Crippen molar-refractivity contribution in [1.82, 2.24) is 0 Å². The fourth-order valence-corrected chi connectivity index (χ4v) is 1.53. The van der Waals surface area contributed by atoms with Crippen LogP contribution in [0.3, 0.4) is 0 Å². The van der Waals surface area contributed by atoms with E-state index in [1.165, 1.54) is 0 Å². The quantitative estimate of drug-likeness (QED) is 0.561. The van der Waals surface area contributed by atoms with Crippen molar-refractivity contribution in [1.29, 1.82) is 5.26 Å². The number of amides is 1. The minimum Gasteiger partial charge on any atom is -0.493 e. The molecular formula is C15H19N3O2. The van der Waals surface area contributed by atoms with Crippen LogP contribution >= 0.6 is 0 Å². The van der Waals surface area contributed by atoms with E-state index in [-0.39, 0.29) is 5.91 Å². The Balaban J connectivity index is 2.53. The van der Waals surface area contributed by atoms with Crippen LogP contribution in [-0.2, 0) is 4.79 Å². The minimum absolute atomic E-state index is 0.258. The topological polar surface area (TPSA) is 88.1 Å². The van der Waals surface area contributed by atoms with Gasteiger partial charge in [-0.2, -0.15) is 5.26 Å². The van der Waals surface area contributed by atoms with E-state index in [4.69, 9.17) is 15.7 Å². The summed E-state index contributed by atoms with van der Waals surface area (Å²) in [5.74, 6) is 0.393. The highest BCUT2D eigenvalue weighted by Gasteiger charge is 2.11. The van der Waals surface area contributed by atoms with Gasteiger partial charge in [-0.05, 0) is 25.0 Å². The number of ether oxygens (including phenoxy) is 1. The first-order valence-corrected chi connectivity index (χ1v) is 6.44. The van der Waals surface area contributed by atoms with Crippen molar-refractivity contribution in [3.63, 3.8) is 0 Å². The minimum atomic E-state index is -0.604. The van der Waals surface area contributed by atoms with Crippen LogP contribution in [0, 0.1) is 11.3 Å². The fraction of sp³-hybridized carbons (Fsp3) is 0.333. The lowest BCUT2D eigenvalue weighted by Gasteiger charge is -2.11. The van der Waals surface area contributed by atoms with E-state index >= 15 is 0 Å². The zero-order valence-corrected chi connectivity index (χ0v) is 11.3. The van der Waals surface area contributed by atoms with Gasteiger partial charge in [0, 0.05) is 18.2 Å². The van der Waals surface area contributed by atoms with E-state index in [1.807, 2.05) is 0 Å². The molecule has 0 saturated carbocycles. The molecule has 1 aromatic carbocycles. The van der Waals surface area contributed by atoms with Gasteiger partial charge in [0.1, 0.15) is 5.75 Å². The van der Waals surface area contributed by atoms with Crippen LogP contribution in [0.4, 0.5) is 5.69 Å². The maximum Gasteiger partial charge on any atom is 0.241 e. The summed E-state index contributed by atoms with van der Waals surface area (Å²) in [6, 6.07) is 8.53. The highest BCUT2D eigenvalue weighted by molar-refractivity contribution is 5.94. The number of nitrogens with zero attached hydrogens (tertiary/aromatic N) is 1. The van der Waals surface area contributed by atoms with Crippen molar-refractivity contribution in [2.24, 2.45) is 5.73 Å². The molecule has 0 radical (unpaired) electrons. The largest absolute Gasteiger partial charge is 0.493 e. The molecule has 1 atom stereocenters. The van der Waals surface area contributed by atoms with Crippen molar-refractivity contribution >= 4 is 11.6 Å². The second-order valence-electron chi connectivity index (χ2n) is 4.26. The Bertz CT molecular complexity index is 494. The zero-order chi connectivity index (χ0) is 14.8. The van der Waals surface area contributed by atoms with E-state index in [0.29, 0.717) is 37.3 Å². The van der Waals surface area contributed by atoms with Crippen LogP contribution in [0.15, 0.2) is 36.9 Å². The molecule has 106 valence electrons. The molecule has 0 aromatic heterocycles. The number of unbranched alkanes of at least 4 members (excludes halogenated alkanes) is 1. The van der Waals surface area contributed by atoms with Crippen LogP contribution < -0.4 is 15.8 Å². The highest BCUT2D eigenvalue weighted by Crippen LogP contribution is 2.18. The molecule has 0 spiro atoms. The summed E-state index contributed by atoms with van der Waals surface area (Å²) >= 11 is 0. The van der Waals surface area contributed by atoms with Gasteiger partial charge in [0.15, 0.2) is 0 Å². The predicted molar refractivity (Wildman–Crippen MR) is 78.2 cm³/mol. The van der Waals surface area contributed by atoms with E-state index in [9.17, 15) is 4.79 Å². The summed E-state index contributed by atoms with van der Waals surface area (Å²) in [5.41, 5.74) is 6.31. The molecule has 0 aliphatic rings. The molecule has 20 heavy (non-hydrogen) atoms. The Hall–Kier alpha value is -2.32. The van der Waals surface area contributed by atoms with Gasteiger partial charge in [0.05, 0.1) is 18.7 Å². The maximum absolute atomic E-state index is 11.8. The van der Waals surface area contributed by atoms with Gasteiger partial charge in [0.25, 0.3) is 0 Å². The van der Waals surface area contributed by atoms with Crippen molar-refractivity contribution in [3.8, 4) is 11.8 Å². The molecule has 1 unspecified atom stereocenters. The number of carbonyl (C=O) groups excluding carboxylic acids is 1. The first-order valence-electron chi connectivity index (χ1n) is 6.44. The van der Waals surface area contributed by atoms with Gasteiger partial charge in [-0.3, -0.25) is 4.79 Å². The molecule has 1 aromatic rings. The zero-order valence-electron chi connectivity index (χ0n) is 11.3. The van der Waals surface area contributed by atoms with Crippen LogP contribution in [0.1, 0.15) is 19.3 Å². The van der Waals surface area contributed by atoms with Crippen LogP contribution in [0.25, 0.3) is 0 Å². The lowest BCUT2D eigenvalue weighted by molar-refractivity contribution is -0.117. The van der Waals surface area contributed by atoms with Gasteiger partial charge in [0.2, 0.25) is 5.91 Å².